The fraction of sp³-hybridized carbons (Fsp3) is 0.118. The molecule has 8 heteroatoms. The fourth-order valence-electron chi connectivity index (χ4n) is 2.06. The number of phenols is 1. The molecular weight excluding hydrogens is 345 g/mol. The van der Waals surface area contributed by atoms with E-state index < -0.39 is 5.82 Å². The van der Waals surface area contributed by atoms with Gasteiger partial charge in [0.1, 0.15) is 11.6 Å². The van der Waals surface area contributed by atoms with Crippen LogP contribution in [0.1, 0.15) is 5.56 Å². The number of aromatic hydroxyl groups is 1. The van der Waals surface area contributed by atoms with E-state index in [1.54, 1.807) is 31.2 Å². The lowest BCUT2D eigenvalue weighted by Gasteiger charge is -2.06. The number of carbonyl (C=O) groups is 1. The smallest absolute Gasteiger partial charge is 0.277 e. The molecular formula is C17H14FN3O3S. The van der Waals surface area contributed by atoms with E-state index in [1.807, 2.05) is 0 Å². The van der Waals surface area contributed by atoms with Crippen molar-refractivity contribution < 1.29 is 18.7 Å². The lowest BCUT2D eigenvalue weighted by molar-refractivity contribution is -0.113. The number of aryl methyl sites for hydroxylation is 1. The van der Waals surface area contributed by atoms with Crippen molar-refractivity contribution in [2.45, 2.75) is 12.1 Å². The molecule has 6 nitrogen and oxygen atoms in total. The number of anilines is 1. The molecule has 1 amide bonds. The van der Waals surface area contributed by atoms with Crippen molar-refractivity contribution in [2.24, 2.45) is 0 Å². The number of rotatable bonds is 5. The van der Waals surface area contributed by atoms with Gasteiger partial charge in [-0.3, -0.25) is 4.79 Å². The number of amides is 1. The van der Waals surface area contributed by atoms with Crippen molar-refractivity contribution in [3.8, 4) is 17.2 Å². The van der Waals surface area contributed by atoms with Crippen molar-refractivity contribution in [1.82, 2.24) is 10.2 Å². The van der Waals surface area contributed by atoms with Crippen LogP contribution in [0.3, 0.4) is 0 Å². The Balaban J connectivity index is 1.58. The van der Waals surface area contributed by atoms with Crippen LogP contribution in [0.5, 0.6) is 5.75 Å². The molecule has 0 bridgehead atoms. The van der Waals surface area contributed by atoms with Crippen LogP contribution < -0.4 is 5.32 Å². The highest BCUT2D eigenvalue weighted by Gasteiger charge is 2.12. The number of phenolic OH excluding ortho intramolecular Hbond substituents is 1. The summed E-state index contributed by atoms with van der Waals surface area (Å²) in [5.41, 5.74) is 1.73. The standard InChI is InChI=1S/C17H14FN3O3S/c1-10-7-13(5-6-14(10)22)19-15(23)9-25-17-21-20-16(24-17)11-3-2-4-12(18)8-11/h2-8,22H,9H2,1H3,(H,19,23). The zero-order chi connectivity index (χ0) is 17.8. The first-order chi connectivity index (χ1) is 12.0. The third-order valence-corrected chi connectivity index (χ3v) is 4.10. The Kier molecular flexibility index (Phi) is 4.99. The highest BCUT2D eigenvalue weighted by Crippen LogP contribution is 2.24. The number of nitrogens with one attached hydrogen (secondary N) is 1. The van der Waals surface area contributed by atoms with E-state index in [-0.39, 0.29) is 28.5 Å². The molecule has 2 aromatic carbocycles. The van der Waals surface area contributed by atoms with E-state index in [9.17, 15) is 14.3 Å². The predicted molar refractivity (Wildman–Crippen MR) is 91.9 cm³/mol. The maximum Gasteiger partial charge on any atom is 0.277 e. The van der Waals surface area contributed by atoms with Crippen LogP contribution in [0, 0.1) is 12.7 Å². The molecule has 0 unspecified atom stereocenters. The summed E-state index contributed by atoms with van der Waals surface area (Å²) in [6, 6.07) is 10.6. The van der Waals surface area contributed by atoms with Crippen molar-refractivity contribution >= 4 is 23.4 Å². The van der Waals surface area contributed by atoms with Crippen molar-refractivity contribution in [3.05, 3.63) is 53.8 Å². The van der Waals surface area contributed by atoms with Gasteiger partial charge in [0.2, 0.25) is 11.8 Å². The van der Waals surface area contributed by atoms with Gasteiger partial charge in [0.25, 0.3) is 5.22 Å². The highest BCUT2D eigenvalue weighted by molar-refractivity contribution is 7.99. The minimum Gasteiger partial charge on any atom is -0.508 e. The Morgan fingerprint density at radius 3 is 2.88 bits per heavy atom. The van der Waals surface area contributed by atoms with Gasteiger partial charge in [0.05, 0.1) is 5.75 Å². The van der Waals surface area contributed by atoms with Gasteiger partial charge in [-0.1, -0.05) is 17.8 Å². The summed E-state index contributed by atoms with van der Waals surface area (Å²) in [5.74, 6) is -0.209. The second kappa shape index (κ2) is 7.35. The molecule has 128 valence electrons. The predicted octanol–water partition coefficient (Wildman–Crippen LogP) is 3.62. The third-order valence-electron chi connectivity index (χ3n) is 3.29. The van der Waals surface area contributed by atoms with Gasteiger partial charge in [0.15, 0.2) is 0 Å². The Hall–Kier alpha value is -2.87. The Bertz CT molecular complexity index is 914. The summed E-state index contributed by atoms with van der Waals surface area (Å²) in [6.07, 6.45) is 0. The van der Waals surface area contributed by atoms with E-state index in [2.05, 4.69) is 15.5 Å². The number of hydrogen-bond donors (Lipinski definition) is 2. The van der Waals surface area contributed by atoms with Crippen LogP contribution in [0.25, 0.3) is 11.5 Å². The van der Waals surface area contributed by atoms with Gasteiger partial charge in [-0.2, -0.15) is 0 Å². The number of halogens is 1. The molecule has 3 aromatic rings. The largest absolute Gasteiger partial charge is 0.508 e. The van der Waals surface area contributed by atoms with Crippen molar-refractivity contribution in [3.63, 3.8) is 0 Å². The van der Waals surface area contributed by atoms with Crippen LogP contribution in [0.2, 0.25) is 0 Å². The summed E-state index contributed by atoms with van der Waals surface area (Å²) < 4.78 is 18.6. The number of hydrogen-bond acceptors (Lipinski definition) is 6. The zero-order valence-corrected chi connectivity index (χ0v) is 14.0. The lowest BCUT2D eigenvalue weighted by Crippen LogP contribution is -2.14. The molecule has 3 rings (SSSR count). The van der Waals surface area contributed by atoms with Gasteiger partial charge >= 0.3 is 0 Å². The van der Waals surface area contributed by atoms with Crippen LogP contribution in [0.15, 0.2) is 52.1 Å². The molecule has 25 heavy (non-hydrogen) atoms. The maximum absolute atomic E-state index is 13.2. The SMILES string of the molecule is Cc1cc(NC(=O)CSc2nnc(-c3cccc(F)c3)o2)ccc1O. The van der Waals surface area contributed by atoms with E-state index >= 15 is 0 Å². The quantitative estimate of drug-likeness (QED) is 0.534. The number of thioether (sulfide) groups is 1. The molecule has 2 N–H and O–H groups in total. The summed E-state index contributed by atoms with van der Waals surface area (Å²) in [5, 5.41) is 20.1. The molecule has 0 aliphatic heterocycles. The summed E-state index contributed by atoms with van der Waals surface area (Å²) in [4.78, 5) is 12.0. The fourth-order valence-corrected chi connectivity index (χ4v) is 2.63. The maximum atomic E-state index is 13.2. The van der Waals surface area contributed by atoms with E-state index in [4.69, 9.17) is 4.42 Å². The highest BCUT2D eigenvalue weighted by atomic mass is 32.2. The van der Waals surface area contributed by atoms with Gasteiger partial charge in [-0.25, -0.2) is 4.39 Å². The number of aromatic nitrogens is 2. The molecule has 0 saturated carbocycles. The summed E-state index contributed by atoms with van der Waals surface area (Å²) in [6.45, 7) is 1.74. The Labute approximate surface area is 147 Å². The Morgan fingerprint density at radius 1 is 1.28 bits per heavy atom. The van der Waals surface area contributed by atoms with Crippen molar-refractivity contribution in [1.29, 1.82) is 0 Å². The van der Waals surface area contributed by atoms with Crippen LogP contribution >= 0.6 is 11.8 Å². The Morgan fingerprint density at radius 2 is 2.12 bits per heavy atom. The van der Waals surface area contributed by atoms with Crippen LogP contribution in [0.4, 0.5) is 10.1 Å². The first kappa shape index (κ1) is 17.0. The molecule has 0 fully saturated rings. The summed E-state index contributed by atoms with van der Waals surface area (Å²) >= 11 is 1.08. The zero-order valence-electron chi connectivity index (χ0n) is 13.2. The minimum absolute atomic E-state index is 0.0741. The minimum atomic E-state index is -0.395. The molecule has 1 aromatic heterocycles. The molecule has 0 saturated heterocycles. The summed E-state index contributed by atoms with van der Waals surface area (Å²) in [7, 11) is 0. The first-order valence-electron chi connectivity index (χ1n) is 7.33. The van der Waals surface area contributed by atoms with E-state index in [1.165, 1.54) is 18.2 Å². The number of benzene rings is 2. The van der Waals surface area contributed by atoms with Crippen molar-refractivity contribution in [2.75, 3.05) is 11.1 Å². The van der Waals surface area contributed by atoms with Crippen LogP contribution in [-0.4, -0.2) is 27.0 Å². The van der Waals surface area contributed by atoms with E-state index in [0.717, 1.165) is 11.8 Å². The number of nitrogens with zero attached hydrogens (tertiary/aromatic N) is 2. The lowest BCUT2D eigenvalue weighted by atomic mass is 10.2. The first-order valence-corrected chi connectivity index (χ1v) is 8.31. The van der Waals surface area contributed by atoms with Gasteiger partial charge in [-0.05, 0) is 48.9 Å². The average Bonchev–Trinajstić information content (AvgIpc) is 3.05. The second-order valence-corrected chi connectivity index (χ2v) is 6.15. The molecule has 0 atom stereocenters. The van der Waals surface area contributed by atoms with Crippen LogP contribution in [-0.2, 0) is 4.79 Å². The average molecular weight is 359 g/mol. The second-order valence-electron chi connectivity index (χ2n) is 5.22. The molecule has 0 aliphatic carbocycles. The van der Waals surface area contributed by atoms with Gasteiger partial charge in [0, 0.05) is 11.3 Å². The van der Waals surface area contributed by atoms with Gasteiger partial charge < -0.3 is 14.8 Å². The topological polar surface area (TPSA) is 88.3 Å². The molecule has 0 radical (unpaired) electrons. The third kappa shape index (κ3) is 4.36. The normalized spacial score (nSPS) is 10.6. The molecule has 0 aliphatic rings. The monoisotopic (exact) mass is 359 g/mol. The van der Waals surface area contributed by atoms with Gasteiger partial charge in [-0.15, -0.1) is 10.2 Å². The molecule has 1 heterocycles. The van der Waals surface area contributed by atoms with E-state index in [0.29, 0.717) is 16.8 Å². The molecule has 0 spiro atoms. The number of carbonyl (C=O) groups excluding carboxylic acids is 1.